The van der Waals surface area contributed by atoms with Gasteiger partial charge in [-0.25, -0.2) is 0 Å². The molecule has 19 heavy (non-hydrogen) atoms. The van der Waals surface area contributed by atoms with E-state index in [1.165, 1.54) is 0 Å². The van der Waals surface area contributed by atoms with Gasteiger partial charge < -0.3 is 14.6 Å². The first-order valence-electron chi connectivity index (χ1n) is 7.24. The SMILES string of the molecule is CCC1NC(C)CCC1OCCn1ccccc1=O. The molecule has 1 aromatic rings. The van der Waals surface area contributed by atoms with E-state index in [0.29, 0.717) is 25.2 Å². The quantitative estimate of drug-likeness (QED) is 0.881. The van der Waals surface area contributed by atoms with Crippen LogP contribution >= 0.6 is 0 Å². The summed E-state index contributed by atoms with van der Waals surface area (Å²) in [5, 5.41) is 3.58. The van der Waals surface area contributed by atoms with Crippen molar-refractivity contribution < 1.29 is 4.74 Å². The first kappa shape index (κ1) is 14.3. The highest BCUT2D eigenvalue weighted by Gasteiger charge is 2.27. The molecule has 0 bridgehead atoms. The van der Waals surface area contributed by atoms with E-state index in [-0.39, 0.29) is 11.7 Å². The van der Waals surface area contributed by atoms with Crippen LogP contribution in [-0.4, -0.2) is 29.4 Å². The third-order valence-electron chi connectivity index (χ3n) is 3.83. The number of pyridine rings is 1. The number of nitrogens with one attached hydrogen (secondary N) is 1. The first-order chi connectivity index (χ1) is 9.20. The summed E-state index contributed by atoms with van der Waals surface area (Å²) >= 11 is 0. The van der Waals surface area contributed by atoms with Crippen LogP contribution in [0.15, 0.2) is 29.2 Å². The molecule has 1 aromatic heterocycles. The van der Waals surface area contributed by atoms with E-state index in [1.807, 2.05) is 12.3 Å². The van der Waals surface area contributed by atoms with Crippen molar-refractivity contribution in [1.82, 2.24) is 9.88 Å². The molecule has 3 unspecified atom stereocenters. The van der Waals surface area contributed by atoms with Gasteiger partial charge in [-0.05, 0) is 32.3 Å². The Kier molecular flexibility index (Phi) is 5.16. The van der Waals surface area contributed by atoms with Gasteiger partial charge in [-0.2, -0.15) is 0 Å². The largest absolute Gasteiger partial charge is 0.375 e. The van der Waals surface area contributed by atoms with Crippen molar-refractivity contribution in [3.05, 3.63) is 34.7 Å². The summed E-state index contributed by atoms with van der Waals surface area (Å²) in [6.07, 6.45) is 5.44. The Bertz CT molecular complexity index is 444. The predicted octanol–water partition coefficient (Wildman–Crippen LogP) is 1.78. The molecule has 3 atom stereocenters. The lowest BCUT2D eigenvalue weighted by Crippen LogP contribution is -2.50. The molecule has 1 aliphatic rings. The summed E-state index contributed by atoms with van der Waals surface area (Å²) < 4.78 is 7.67. The van der Waals surface area contributed by atoms with Crippen LogP contribution in [0, 0.1) is 0 Å². The molecule has 2 heterocycles. The predicted molar refractivity (Wildman–Crippen MR) is 76.4 cm³/mol. The van der Waals surface area contributed by atoms with Gasteiger partial charge in [0.15, 0.2) is 0 Å². The number of piperidine rings is 1. The Morgan fingerprint density at radius 3 is 3.00 bits per heavy atom. The smallest absolute Gasteiger partial charge is 0.250 e. The minimum atomic E-state index is 0.0357. The molecule has 0 radical (unpaired) electrons. The maximum atomic E-state index is 11.6. The third kappa shape index (κ3) is 3.91. The average molecular weight is 264 g/mol. The molecule has 0 spiro atoms. The molecule has 1 saturated heterocycles. The Balaban J connectivity index is 1.82. The standard InChI is InChI=1S/C15H24N2O2/c1-3-13-14(8-7-12(2)16-13)19-11-10-17-9-5-4-6-15(17)18/h4-6,9,12-14,16H,3,7-8,10-11H2,1-2H3. The second-order valence-electron chi connectivity index (χ2n) is 5.30. The van der Waals surface area contributed by atoms with Gasteiger partial charge in [0.1, 0.15) is 0 Å². The summed E-state index contributed by atoms with van der Waals surface area (Å²) in [5.41, 5.74) is 0.0357. The average Bonchev–Trinajstić information content (AvgIpc) is 2.42. The monoisotopic (exact) mass is 264 g/mol. The van der Waals surface area contributed by atoms with Crippen molar-refractivity contribution in [3.8, 4) is 0 Å². The van der Waals surface area contributed by atoms with Crippen molar-refractivity contribution in [2.75, 3.05) is 6.61 Å². The van der Waals surface area contributed by atoms with Crippen LogP contribution in [-0.2, 0) is 11.3 Å². The molecular weight excluding hydrogens is 240 g/mol. The molecule has 1 aliphatic heterocycles. The van der Waals surface area contributed by atoms with Gasteiger partial charge in [0.2, 0.25) is 0 Å². The van der Waals surface area contributed by atoms with E-state index >= 15 is 0 Å². The van der Waals surface area contributed by atoms with Gasteiger partial charge in [0.05, 0.1) is 12.7 Å². The fourth-order valence-electron chi connectivity index (χ4n) is 2.70. The van der Waals surface area contributed by atoms with Crippen molar-refractivity contribution in [3.63, 3.8) is 0 Å². The molecule has 4 heteroatoms. The highest BCUT2D eigenvalue weighted by Crippen LogP contribution is 2.18. The van der Waals surface area contributed by atoms with Crippen LogP contribution in [0.1, 0.15) is 33.1 Å². The molecule has 0 saturated carbocycles. The van der Waals surface area contributed by atoms with Gasteiger partial charge in [0.25, 0.3) is 5.56 Å². The summed E-state index contributed by atoms with van der Waals surface area (Å²) in [5.74, 6) is 0. The van der Waals surface area contributed by atoms with Crippen LogP contribution in [0.2, 0.25) is 0 Å². The maximum absolute atomic E-state index is 11.6. The highest BCUT2D eigenvalue weighted by atomic mass is 16.5. The highest BCUT2D eigenvalue weighted by molar-refractivity contribution is 4.93. The van der Waals surface area contributed by atoms with Crippen LogP contribution in [0.25, 0.3) is 0 Å². The minimum absolute atomic E-state index is 0.0357. The molecule has 4 nitrogen and oxygen atoms in total. The first-order valence-corrected chi connectivity index (χ1v) is 7.24. The van der Waals surface area contributed by atoms with Gasteiger partial charge >= 0.3 is 0 Å². The summed E-state index contributed by atoms with van der Waals surface area (Å²) in [4.78, 5) is 11.6. The number of nitrogens with zero attached hydrogens (tertiary/aromatic N) is 1. The zero-order valence-corrected chi connectivity index (χ0v) is 11.8. The lowest BCUT2D eigenvalue weighted by atomic mass is 9.95. The molecule has 2 rings (SSSR count). The molecular formula is C15H24N2O2. The second-order valence-corrected chi connectivity index (χ2v) is 5.30. The second kappa shape index (κ2) is 6.87. The van der Waals surface area contributed by atoms with Gasteiger partial charge in [0, 0.05) is 30.9 Å². The number of hydrogen-bond donors (Lipinski definition) is 1. The summed E-state index contributed by atoms with van der Waals surface area (Å²) in [6.45, 7) is 5.64. The lowest BCUT2D eigenvalue weighted by molar-refractivity contribution is -0.00414. The normalized spacial score (nSPS) is 27.4. The third-order valence-corrected chi connectivity index (χ3v) is 3.83. The molecule has 1 N–H and O–H groups in total. The molecule has 0 aliphatic carbocycles. The van der Waals surface area contributed by atoms with E-state index in [9.17, 15) is 4.79 Å². The van der Waals surface area contributed by atoms with Crippen LogP contribution in [0.5, 0.6) is 0 Å². The Morgan fingerprint density at radius 1 is 1.42 bits per heavy atom. The van der Waals surface area contributed by atoms with Crippen LogP contribution in [0.4, 0.5) is 0 Å². The summed E-state index contributed by atoms with van der Waals surface area (Å²) in [7, 11) is 0. The zero-order chi connectivity index (χ0) is 13.7. The van der Waals surface area contributed by atoms with Crippen LogP contribution < -0.4 is 10.9 Å². The number of ether oxygens (including phenoxy) is 1. The Hall–Kier alpha value is -1.13. The van der Waals surface area contributed by atoms with Crippen molar-refractivity contribution >= 4 is 0 Å². The fourth-order valence-corrected chi connectivity index (χ4v) is 2.70. The molecule has 0 amide bonds. The van der Waals surface area contributed by atoms with Crippen molar-refractivity contribution in [2.24, 2.45) is 0 Å². The lowest BCUT2D eigenvalue weighted by Gasteiger charge is -2.35. The molecule has 106 valence electrons. The maximum Gasteiger partial charge on any atom is 0.250 e. The van der Waals surface area contributed by atoms with Crippen molar-refractivity contribution in [2.45, 2.75) is 57.8 Å². The summed E-state index contributed by atoms with van der Waals surface area (Å²) in [6, 6.07) is 6.25. The van der Waals surface area contributed by atoms with Gasteiger partial charge in [-0.1, -0.05) is 13.0 Å². The minimum Gasteiger partial charge on any atom is -0.375 e. The van der Waals surface area contributed by atoms with Gasteiger partial charge in [-0.3, -0.25) is 4.79 Å². The van der Waals surface area contributed by atoms with E-state index in [1.54, 1.807) is 16.7 Å². The fraction of sp³-hybridized carbons (Fsp3) is 0.667. The molecule has 0 aromatic carbocycles. The van der Waals surface area contributed by atoms with Crippen molar-refractivity contribution in [1.29, 1.82) is 0 Å². The van der Waals surface area contributed by atoms with E-state index < -0.39 is 0 Å². The Morgan fingerprint density at radius 2 is 2.26 bits per heavy atom. The zero-order valence-electron chi connectivity index (χ0n) is 11.8. The topological polar surface area (TPSA) is 43.3 Å². The molecule has 1 fully saturated rings. The number of rotatable bonds is 5. The number of hydrogen-bond acceptors (Lipinski definition) is 3. The van der Waals surface area contributed by atoms with E-state index in [0.717, 1.165) is 19.3 Å². The number of aromatic nitrogens is 1. The Labute approximate surface area is 114 Å². The van der Waals surface area contributed by atoms with Gasteiger partial charge in [-0.15, -0.1) is 0 Å². The van der Waals surface area contributed by atoms with E-state index in [4.69, 9.17) is 4.74 Å². The van der Waals surface area contributed by atoms with Crippen LogP contribution in [0.3, 0.4) is 0 Å². The van der Waals surface area contributed by atoms with E-state index in [2.05, 4.69) is 19.2 Å².